The Kier molecular flexibility index (Phi) is 11.5. The number of carbonyl (C=O) groups excluding carboxylic acids is 2. The second-order valence-corrected chi connectivity index (χ2v) is 11.0. The highest BCUT2D eigenvalue weighted by Gasteiger charge is 2.32. The number of nitrogens with one attached hydrogen (secondary N) is 2. The molecule has 0 aromatic heterocycles. The van der Waals surface area contributed by atoms with Crippen molar-refractivity contribution in [3.63, 3.8) is 0 Å². The molecule has 0 aliphatic carbocycles. The molecule has 1 fully saturated rings. The molecule has 3 aromatic rings. The molecule has 42 heavy (non-hydrogen) atoms. The average molecular weight is 595 g/mol. The van der Waals surface area contributed by atoms with Gasteiger partial charge in [0.15, 0.2) is 6.29 Å². The van der Waals surface area contributed by atoms with Gasteiger partial charge in [0.1, 0.15) is 0 Å². The zero-order valence-corrected chi connectivity index (χ0v) is 23.7. The topological polar surface area (TPSA) is 154 Å². The molecule has 11 heteroatoms. The molecule has 1 saturated heterocycles. The van der Waals surface area contributed by atoms with Crippen molar-refractivity contribution in [3.05, 3.63) is 101 Å². The van der Waals surface area contributed by atoms with Crippen LogP contribution >= 0.6 is 11.8 Å². The Morgan fingerprint density at radius 1 is 0.833 bits per heavy atom. The summed E-state index contributed by atoms with van der Waals surface area (Å²) in [5, 5.41) is 29.9. The number of rotatable bonds is 13. The summed E-state index contributed by atoms with van der Waals surface area (Å²) >= 11 is 1.59. The third kappa shape index (κ3) is 9.13. The van der Waals surface area contributed by atoms with Crippen LogP contribution in [0.1, 0.15) is 70.7 Å². The van der Waals surface area contributed by atoms with Gasteiger partial charge in [-0.15, -0.1) is 11.8 Å². The molecule has 4 rings (SSSR count). The first-order valence-electron chi connectivity index (χ1n) is 13.6. The number of hydrogen-bond acceptors (Lipinski definition) is 8. The van der Waals surface area contributed by atoms with Crippen LogP contribution in [0.3, 0.4) is 0 Å². The molecule has 0 spiro atoms. The van der Waals surface area contributed by atoms with Crippen LogP contribution in [0.25, 0.3) is 0 Å². The van der Waals surface area contributed by atoms with Crippen LogP contribution in [0, 0.1) is 0 Å². The number of thioether (sulfide) groups is 1. The average Bonchev–Trinajstić information content (AvgIpc) is 3.03. The molecular weight excluding hydrogens is 560 g/mol. The summed E-state index contributed by atoms with van der Waals surface area (Å²) in [5.74, 6) is -1.03. The van der Waals surface area contributed by atoms with E-state index in [4.69, 9.17) is 19.8 Å². The van der Waals surface area contributed by atoms with Gasteiger partial charge in [0.2, 0.25) is 11.8 Å². The molecule has 1 aliphatic rings. The molecule has 0 radical (unpaired) electrons. The number of benzene rings is 3. The Hall–Kier alpha value is -3.74. The molecule has 0 saturated carbocycles. The molecule has 0 unspecified atom stereocenters. The van der Waals surface area contributed by atoms with E-state index in [1.807, 2.05) is 48.5 Å². The second kappa shape index (κ2) is 15.5. The summed E-state index contributed by atoms with van der Waals surface area (Å²) in [7, 11) is 0. The smallest absolute Gasteiger partial charge is 0.335 e. The van der Waals surface area contributed by atoms with Gasteiger partial charge in [-0.3, -0.25) is 14.8 Å². The number of carboxylic acids is 1. The maximum atomic E-state index is 12.1. The maximum absolute atomic E-state index is 12.1. The first-order chi connectivity index (χ1) is 20.3. The summed E-state index contributed by atoms with van der Waals surface area (Å²) in [6.45, 7) is 0.294. The molecule has 3 aromatic carbocycles. The third-order valence-corrected chi connectivity index (χ3v) is 7.97. The van der Waals surface area contributed by atoms with Crippen molar-refractivity contribution in [2.45, 2.75) is 62.2 Å². The van der Waals surface area contributed by atoms with Gasteiger partial charge < -0.3 is 25.0 Å². The minimum Gasteiger partial charge on any atom is -0.478 e. The van der Waals surface area contributed by atoms with E-state index >= 15 is 0 Å². The summed E-state index contributed by atoms with van der Waals surface area (Å²) in [5.41, 5.74) is 5.31. The van der Waals surface area contributed by atoms with E-state index in [9.17, 15) is 19.5 Å². The number of amides is 2. The Balaban J connectivity index is 1.39. The van der Waals surface area contributed by atoms with E-state index in [0.29, 0.717) is 25.1 Å². The number of aliphatic hydroxyl groups excluding tert-OH is 1. The highest BCUT2D eigenvalue weighted by molar-refractivity contribution is 7.99. The van der Waals surface area contributed by atoms with E-state index in [2.05, 4.69) is 5.32 Å². The lowest BCUT2D eigenvalue weighted by Gasteiger charge is -2.36. The summed E-state index contributed by atoms with van der Waals surface area (Å²) in [6, 6.07) is 22.0. The Morgan fingerprint density at radius 2 is 1.48 bits per heavy atom. The van der Waals surface area contributed by atoms with Crippen molar-refractivity contribution in [3.8, 4) is 0 Å². The fourth-order valence-electron chi connectivity index (χ4n) is 4.45. The van der Waals surface area contributed by atoms with Gasteiger partial charge >= 0.3 is 5.97 Å². The largest absolute Gasteiger partial charge is 0.478 e. The van der Waals surface area contributed by atoms with Gasteiger partial charge in [-0.1, -0.05) is 48.5 Å². The van der Waals surface area contributed by atoms with Gasteiger partial charge in [0, 0.05) is 42.0 Å². The lowest BCUT2D eigenvalue weighted by molar-refractivity contribution is -0.245. The lowest BCUT2D eigenvalue weighted by Crippen LogP contribution is -2.31. The van der Waals surface area contributed by atoms with Crippen molar-refractivity contribution < 1.29 is 39.3 Å². The second-order valence-electron chi connectivity index (χ2n) is 9.90. The normalized spacial score (nSPS) is 18.3. The number of aromatic carboxylic acids is 1. The van der Waals surface area contributed by atoms with Crippen LogP contribution in [-0.2, 0) is 32.2 Å². The third-order valence-electron chi connectivity index (χ3n) is 6.83. The van der Waals surface area contributed by atoms with Crippen molar-refractivity contribution in [2.24, 2.45) is 0 Å². The minimum atomic E-state index is -0.963. The van der Waals surface area contributed by atoms with E-state index in [1.165, 1.54) is 0 Å². The van der Waals surface area contributed by atoms with Crippen molar-refractivity contribution in [1.29, 1.82) is 0 Å². The summed E-state index contributed by atoms with van der Waals surface area (Å²) < 4.78 is 12.8. The maximum Gasteiger partial charge on any atom is 0.335 e. The van der Waals surface area contributed by atoms with Crippen LogP contribution in [0.4, 0.5) is 0 Å². The number of carboxylic acid groups (broad SMARTS) is 1. The summed E-state index contributed by atoms with van der Waals surface area (Å²) in [4.78, 5) is 35.3. The Bertz CT molecular complexity index is 1330. The van der Waals surface area contributed by atoms with Crippen LogP contribution in [-0.4, -0.2) is 45.1 Å². The molecule has 5 N–H and O–H groups in total. The van der Waals surface area contributed by atoms with Gasteiger partial charge in [0.05, 0.1) is 24.4 Å². The first-order valence-corrected chi connectivity index (χ1v) is 14.6. The highest BCUT2D eigenvalue weighted by Crippen LogP contribution is 2.39. The first kappa shape index (κ1) is 31.2. The quantitative estimate of drug-likeness (QED) is 0.109. The molecule has 1 aliphatic heterocycles. The zero-order chi connectivity index (χ0) is 29.9. The Morgan fingerprint density at radius 3 is 2.12 bits per heavy atom. The molecule has 2 amide bonds. The molecule has 3 atom stereocenters. The lowest BCUT2D eigenvalue weighted by atomic mass is 10.0. The van der Waals surface area contributed by atoms with Crippen LogP contribution < -0.4 is 10.8 Å². The number of hydrogen-bond donors (Lipinski definition) is 5. The predicted molar refractivity (Wildman–Crippen MR) is 155 cm³/mol. The van der Waals surface area contributed by atoms with Crippen LogP contribution in [0.2, 0.25) is 0 Å². The fraction of sp³-hybridized carbons (Fsp3) is 0.323. The SMILES string of the molecule is O=C(CCCC(=O)NCc1ccc([C@H]2O[C@@H](CSc3ccc(C(=O)O)cc3)C[C@@H](c3ccc(CO)cc3)O2)cc1)NO. The molecule has 1 heterocycles. The van der Waals surface area contributed by atoms with Crippen LogP contribution in [0.15, 0.2) is 77.7 Å². The predicted octanol–water partition coefficient (Wildman–Crippen LogP) is 4.51. The fourth-order valence-corrected chi connectivity index (χ4v) is 5.37. The highest BCUT2D eigenvalue weighted by atomic mass is 32.2. The van der Waals surface area contributed by atoms with Gasteiger partial charge in [-0.05, 0) is 47.4 Å². The van der Waals surface area contributed by atoms with Crippen molar-refractivity contribution in [1.82, 2.24) is 10.8 Å². The van der Waals surface area contributed by atoms with E-state index < -0.39 is 18.2 Å². The zero-order valence-electron chi connectivity index (χ0n) is 22.9. The number of ether oxygens (including phenoxy) is 2. The standard InChI is InChI=1S/C31H34N2O8S/c34-18-21-6-8-22(9-7-21)27-16-25(19-42-26-14-12-23(13-15-26)30(37)38)40-31(41-27)24-10-4-20(5-11-24)17-32-28(35)2-1-3-29(36)33-39/h4-15,25,27,31,34,39H,1-3,16-19H2,(H,32,35)(H,33,36)(H,37,38)/t25-,27+,31+/m1/s1. The minimum absolute atomic E-state index is 0.0366. The van der Waals surface area contributed by atoms with E-state index in [0.717, 1.165) is 27.1 Å². The molecule has 222 valence electrons. The van der Waals surface area contributed by atoms with Gasteiger partial charge in [-0.2, -0.15) is 0 Å². The number of hydroxylamine groups is 1. The van der Waals surface area contributed by atoms with Crippen molar-refractivity contribution in [2.75, 3.05) is 5.75 Å². The van der Waals surface area contributed by atoms with Crippen molar-refractivity contribution >= 4 is 29.5 Å². The van der Waals surface area contributed by atoms with Gasteiger partial charge in [-0.25, -0.2) is 10.3 Å². The number of carbonyl (C=O) groups is 3. The number of aliphatic hydroxyl groups is 1. The van der Waals surface area contributed by atoms with E-state index in [1.54, 1.807) is 41.5 Å². The van der Waals surface area contributed by atoms with Gasteiger partial charge in [0.25, 0.3) is 0 Å². The Labute approximate surface area is 248 Å². The molecule has 10 nitrogen and oxygen atoms in total. The monoisotopic (exact) mass is 594 g/mol. The molecular formula is C31H34N2O8S. The van der Waals surface area contributed by atoms with Crippen LogP contribution in [0.5, 0.6) is 0 Å². The summed E-state index contributed by atoms with van der Waals surface area (Å²) in [6.07, 6.45) is 0.208. The molecule has 0 bridgehead atoms. The van der Waals surface area contributed by atoms with E-state index in [-0.39, 0.29) is 43.1 Å².